The number of rotatable bonds is 3. The lowest BCUT2D eigenvalue weighted by Crippen LogP contribution is -2.28. The molecule has 0 heterocycles. The minimum atomic E-state index is -0.453. The van der Waals surface area contributed by atoms with Gasteiger partial charge in [-0.25, -0.2) is 0 Å². The molecule has 3 nitrogen and oxygen atoms in total. The van der Waals surface area contributed by atoms with Gasteiger partial charge in [-0.2, -0.15) is 0 Å². The summed E-state index contributed by atoms with van der Waals surface area (Å²) in [7, 11) is 1.72. The van der Waals surface area contributed by atoms with E-state index in [9.17, 15) is 4.79 Å². The number of nitrogens with two attached hydrogens (primary N) is 1. The van der Waals surface area contributed by atoms with Gasteiger partial charge in [0.15, 0.2) is 0 Å². The summed E-state index contributed by atoms with van der Waals surface area (Å²) in [6.45, 7) is 2.13. The van der Waals surface area contributed by atoms with Gasteiger partial charge < -0.3 is 10.6 Å². The number of primary amides is 1. The monoisotopic (exact) mass is 152 g/mol. The van der Waals surface area contributed by atoms with Crippen LogP contribution in [0.4, 0.5) is 0 Å². The van der Waals surface area contributed by atoms with E-state index in [2.05, 4.69) is 5.92 Å². The van der Waals surface area contributed by atoms with Crippen molar-refractivity contribution in [3.05, 3.63) is 11.8 Å². The highest BCUT2D eigenvalue weighted by atomic mass is 16.1. The van der Waals surface area contributed by atoms with E-state index in [4.69, 9.17) is 12.2 Å². The fourth-order valence-electron chi connectivity index (χ4n) is 0.773. The fourth-order valence-corrected chi connectivity index (χ4v) is 0.773. The molecule has 2 N–H and O–H groups in total. The molecular weight excluding hydrogens is 140 g/mol. The molecule has 0 aliphatic carbocycles. The lowest BCUT2D eigenvalue weighted by molar-refractivity contribution is -0.115. The summed E-state index contributed by atoms with van der Waals surface area (Å²) in [5.41, 5.74) is 5.51. The van der Waals surface area contributed by atoms with Gasteiger partial charge in [-0.05, 0) is 6.92 Å². The number of carbonyl (C=O) groups is 1. The second kappa shape index (κ2) is 4.40. The van der Waals surface area contributed by atoms with Crippen LogP contribution in [0.25, 0.3) is 0 Å². The maximum atomic E-state index is 10.7. The summed E-state index contributed by atoms with van der Waals surface area (Å²) in [5.74, 6) is 1.96. The Balaban J connectivity index is 4.31. The van der Waals surface area contributed by atoms with Crippen LogP contribution in [0.1, 0.15) is 6.92 Å². The van der Waals surface area contributed by atoms with Crippen molar-refractivity contribution in [1.29, 1.82) is 0 Å². The predicted octanol–water partition coefficient (Wildman–Crippen LogP) is -0.0595. The largest absolute Gasteiger partial charge is 0.364 e. The Hall–Kier alpha value is -1.43. The van der Waals surface area contributed by atoms with Crippen molar-refractivity contribution < 1.29 is 4.79 Å². The summed E-state index contributed by atoms with van der Waals surface area (Å²) >= 11 is 0. The Morgan fingerprint density at radius 1 is 1.82 bits per heavy atom. The first kappa shape index (κ1) is 9.57. The Kier molecular flexibility index (Phi) is 3.82. The third-order valence-electron chi connectivity index (χ3n) is 1.27. The molecule has 0 aromatic rings. The Morgan fingerprint density at radius 3 is 2.64 bits per heavy atom. The predicted molar refractivity (Wildman–Crippen MR) is 44.4 cm³/mol. The number of hydrogen-bond donors (Lipinski definition) is 1. The molecule has 1 amide bonds. The first-order valence-electron chi connectivity index (χ1n) is 3.24. The zero-order valence-corrected chi connectivity index (χ0v) is 6.79. The molecule has 0 aromatic heterocycles. The normalized spacial score (nSPS) is 10.5. The number of nitrogens with zero attached hydrogens (tertiary/aromatic N) is 1. The van der Waals surface area contributed by atoms with Crippen molar-refractivity contribution in [1.82, 2.24) is 4.90 Å². The highest BCUT2D eigenvalue weighted by molar-refractivity contribution is 5.91. The van der Waals surface area contributed by atoms with Crippen molar-refractivity contribution in [3.63, 3.8) is 0 Å². The van der Waals surface area contributed by atoms with Gasteiger partial charge in [-0.1, -0.05) is 12.0 Å². The molecule has 0 aliphatic rings. The Labute approximate surface area is 66.9 Å². The third kappa shape index (κ3) is 2.76. The van der Waals surface area contributed by atoms with Crippen LogP contribution in [-0.4, -0.2) is 24.4 Å². The van der Waals surface area contributed by atoms with E-state index in [0.29, 0.717) is 12.2 Å². The van der Waals surface area contributed by atoms with Crippen LogP contribution < -0.4 is 5.73 Å². The van der Waals surface area contributed by atoms with Crippen molar-refractivity contribution in [2.45, 2.75) is 6.92 Å². The van der Waals surface area contributed by atoms with Crippen LogP contribution in [0.2, 0.25) is 0 Å². The smallest absolute Gasteiger partial charge is 0.264 e. The highest BCUT2D eigenvalue weighted by Gasteiger charge is 2.06. The minimum Gasteiger partial charge on any atom is -0.364 e. The van der Waals surface area contributed by atoms with Crippen molar-refractivity contribution >= 4 is 5.91 Å². The van der Waals surface area contributed by atoms with E-state index in [1.54, 1.807) is 24.9 Å². The molecule has 3 heteroatoms. The Bertz CT molecular complexity index is 213. The molecule has 60 valence electrons. The van der Waals surface area contributed by atoms with E-state index in [1.807, 2.05) is 0 Å². The van der Waals surface area contributed by atoms with Gasteiger partial charge in [0.05, 0.1) is 12.2 Å². The van der Waals surface area contributed by atoms with Gasteiger partial charge in [0.1, 0.15) is 0 Å². The SMILES string of the molecule is C#CCN(C)C(=CC)C(N)=O. The van der Waals surface area contributed by atoms with E-state index < -0.39 is 5.91 Å². The zero-order valence-electron chi connectivity index (χ0n) is 6.79. The molecular formula is C8H12N2O. The molecule has 0 fully saturated rings. The molecule has 0 radical (unpaired) electrons. The van der Waals surface area contributed by atoms with Crippen molar-refractivity contribution in [2.24, 2.45) is 5.73 Å². The quantitative estimate of drug-likeness (QED) is 0.455. The maximum absolute atomic E-state index is 10.7. The highest BCUT2D eigenvalue weighted by Crippen LogP contribution is 1.98. The standard InChI is InChI=1S/C8H12N2O/c1-4-6-10(3)7(5-2)8(9)11/h1,5H,6H2,2-3H3,(H2,9,11). The number of hydrogen-bond acceptors (Lipinski definition) is 2. The minimum absolute atomic E-state index is 0.391. The summed E-state index contributed by atoms with van der Waals surface area (Å²) in [4.78, 5) is 12.3. The third-order valence-corrected chi connectivity index (χ3v) is 1.27. The molecule has 0 bridgehead atoms. The summed E-state index contributed by atoms with van der Waals surface area (Å²) in [5, 5.41) is 0. The lowest BCUT2D eigenvalue weighted by Gasteiger charge is -2.16. The van der Waals surface area contributed by atoms with Crippen LogP contribution >= 0.6 is 0 Å². The lowest BCUT2D eigenvalue weighted by atomic mass is 10.3. The molecule has 0 aliphatic heterocycles. The maximum Gasteiger partial charge on any atom is 0.264 e. The Morgan fingerprint density at radius 2 is 2.36 bits per heavy atom. The molecule has 11 heavy (non-hydrogen) atoms. The van der Waals surface area contributed by atoms with Crippen LogP contribution in [0.15, 0.2) is 11.8 Å². The topological polar surface area (TPSA) is 46.3 Å². The first-order valence-corrected chi connectivity index (χ1v) is 3.24. The van der Waals surface area contributed by atoms with Crippen LogP contribution in [0.5, 0.6) is 0 Å². The first-order chi connectivity index (χ1) is 5.13. The van der Waals surface area contributed by atoms with Gasteiger partial charge in [-0.15, -0.1) is 6.42 Å². The van der Waals surface area contributed by atoms with Crippen LogP contribution in [0.3, 0.4) is 0 Å². The van der Waals surface area contributed by atoms with E-state index >= 15 is 0 Å². The average Bonchev–Trinajstić information content (AvgIpc) is 1.88. The second-order valence-corrected chi connectivity index (χ2v) is 2.10. The van der Waals surface area contributed by atoms with Gasteiger partial charge in [0.25, 0.3) is 5.91 Å². The summed E-state index contributed by atoms with van der Waals surface area (Å²) in [6.07, 6.45) is 6.69. The average molecular weight is 152 g/mol. The van der Waals surface area contributed by atoms with Crippen molar-refractivity contribution in [2.75, 3.05) is 13.6 Å². The van der Waals surface area contributed by atoms with Gasteiger partial charge >= 0.3 is 0 Å². The molecule has 0 unspecified atom stereocenters. The molecule has 0 atom stereocenters. The van der Waals surface area contributed by atoms with Crippen LogP contribution in [-0.2, 0) is 4.79 Å². The van der Waals surface area contributed by atoms with Crippen LogP contribution in [0, 0.1) is 12.3 Å². The molecule has 0 saturated heterocycles. The van der Waals surface area contributed by atoms with Gasteiger partial charge in [-0.3, -0.25) is 4.79 Å². The second-order valence-electron chi connectivity index (χ2n) is 2.10. The van der Waals surface area contributed by atoms with Crippen molar-refractivity contribution in [3.8, 4) is 12.3 Å². The van der Waals surface area contributed by atoms with Gasteiger partial charge in [0, 0.05) is 7.05 Å². The zero-order chi connectivity index (χ0) is 8.85. The number of terminal acetylenes is 1. The van der Waals surface area contributed by atoms with E-state index in [0.717, 1.165) is 0 Å². The fraction of sp³-hybridized carbons (Fsp3) is 0.375. The molecule has 0 rings (SSSR count). The number of allylic oxidation sites excluding steroid dienone is 1. The molecule has 0 aromatic carbocycles. The molecule has 0 saturated carbocycles. The van der Waals surface area contributed by atoms with E-state index in [-0.39, 0.29) is 0 Å². The summed E-state index contributed by atoms with van der Waals surface area (Å²) < 4.78 is 0. The van der Waals surface area contributed by atoms with E-state index in [1.165, 1.54) is 0 Å². The number of likely N-dealkylation sites (N-methyl/N-ethyl adjacent to an activating group) is 1. The molecule has 0 spiro atoms. The number of amides is 1. The van der Waals surface area contributed by atoms with Gasteiger partial charge in [0.2, 0.25) is 0 Å². The summed E-state index contributed by atoms with van der Waals surface area (Å²) in [6, 6.07) is 0. The number of carbonyl (C=O) groups excluding carboxylic acids is 1.